The summed E-state index contributed by atoms with van der Waals surface area (Å²) < 4.78 is 0. The summed E-state index contributed by atoms with van der Waals surface area (Å²) >= 11 is 2.10. The second-order valence-electron chi connectivity index (χ2n) is 5.54. The maximum Gasteiger partial charge on any atom is 0.0197 e. The first-order chi connectivity index (χ1) is 8.61. The molecule has 1 nitrogen and oxygen atoms in total. The monoisotopic (exact) mass is 263 g/mol. The minimum absolute atomic E-state index is 0.708. The van der Waals surface area contributed by atoms with Gasteiger partial charge in [-0.2, -0.15) is 11.8 Å². The summed E-state index contributed by atoms with van der Waals surface area (Å²) in [6.45, 7) is 10.0. The molecular formula is C16H25NS. The maximum atomic E-state index is 3.64. The number of rotatable bonds is 4. The molecule has 0 aliphatic carbocycles. The van der Waals surface area contributed by atoms with Gasteiger partial charge in [-0.15, -0.1) is 0 Å². The van der Waals surface area contributed by atoms with E-state index in [0.29, 0.717) is 6.04 Å². The molecule has 2 heteroatoms. The van der Waals surface area contributed by atoms with Crippen LogP contribution in [0.1, 0.15) is 29.2 Å². The SMILES string of the molecule is CCNC1CSCC1Cc1c(C)cc(C)cc1C. The lowest BCUT2D eigenvalue weighted by atomic mass is 9.89. The average molecular weight is 263 g/mol. The summed E-state index contributed by atoms with van der Waals surface area (Å²) in [5.41, 5.74) is 5.91. The Kier molecular flexibility index (Phi) is 4.74. The second kappa shape index (κ2) is 6.12. The number of aryl methyl sites for hydroxylation is 3. The van der Waals surface area contributed by atoms with Gasteiger partial charge in [-0.25, -0.2) is 0 Å². The molecule has 1 fully saturated rings. The van der Waals surface area contributed by atoms with Crippen LogP contribution in [0.15, 0.2) is 12.1 Å². The molecule has 2 rings (SSSR count). The smallest absolute Gasteiger partial charge is 0.0197 e. The van der Waals surface area contributed by atoms with Gasteiger partial charge in [0.15, 0.2) is 0 Å². The molecule has 1 heterocycles. The number of benzene rings is 1. The summed E-state index contributed by atoms with van der Waals surface area (Å²) in [6, 6.07) is 5.36. The van der Waals surface area contributed by atoms with E-state index in [-0.39, 0.29) is 0 Å². The first-order valence-electron chi connectivity index (χ1n) is 6.99. The molecule has 1 saturated heterocycles. The molecule has 0 aromatic heterocycles. The molecule has 2 atom stereocenters. The zero-order valence-corrected chi connectivity index (χ0v) is 12.9. The van der Waals surface area contributed by atoms with E-state index in [4.69, 9.17) is 0 Å². The van der Waals surface area contributed by atoms with Crippen molar-refractivity contribution in [2.24, 2.45) is 5.92 Å². The van der Waals surface area contributed by atoms with Crippen molar-refractivity contribution < 1.29 is 0 Å². The molecule has 18 heavy (non-hydrogen) atoms. The van der Waals surface area contributed by atoms with Gasteiger partial charge in [-0.3, -0.25) is 0 Å². The summed E-state index contributed by atoms with van der Waals surface area (Å²) in [5.74, 6) is 3.39. The van der Waals surface area contributed by atoms with Crippen LogP contribution in [-0.4, -0.2) is 24.1 Å². The molecule has 1 N–H and O–H groups in total. The van der Waals surface area contributed by atoms with Gasteiger partial charge >= 0.3 is 0 Å². The molecule has 0 saturated carbocycles. The van der Waals surface area contributed by atoms with Gasteiger partial charge in [0.2, 0.25) is 0 Å². The molecule has 0 amide bonds. The Morgan fingerprint density at radius 2 is 1.83 bits per heavy atom. The molecule has 0 spiro atoms. The maximum absolute atomic E-state index is 3.64. The Hall–Kier alpha value is -0.470. The zero-order chi connectivity index (χ0) is 13.1. The summed E-state index contributed by atoms with van der Waals surface area (Å²) in [4.78, 5) is 0. The van der Waals surface area contributed by atoms with E-state index in [9.17, 15) is 0 Å². The summed E-state index contributed by atoms with van der Waals surface area (Å²) in [5, 5.41) is 3.64. The van der Waals surface area contributed by atoms with Crippen LogP contribution in [0.25, 0.3) is 0 Å². The third kappa shape index (κ3) is 3.10. The molecule has 1 aromatic carbocycles. The van der Waals surface area contributed by atoms with Crippen molar-refractivity contribution in [2.45, 2.75) is 40.2 Å². The standard InChI is InChI=1S/C16H25NS/c1-5-17-16-10-18-9-14(16)8-15-12(3)6-11(2)7-13(15)4/h6-7,14,16-17H,5,8-10H2,1-4H3. The van der Waals surface area contributed by atoms with Crippen molar-refractivity contribution in [3.8, 4) is 0 Å². The van der Waals surface area contributed by atoms with Crippen molar-refractivity contribution in [1.29, 1.82) is 0 Å². The van der Waals surface area contributed by atoms with Gasteiger partial charge in [0, 0.05) is 11.8 Å². The predicted octanol–water partition coefficient (Wildman–Crippen LogP) is 3.50. The highest BCUT2D eigenvalue weighted by molar-refractivity contribution is 7.99. The van der Waals surface area contributed by atoms with Gasteiger partial charge in [0.1, 0.15) is 0 Å². The highest BCUT2D eigenvalue weighted by atomic mass is 32.2. The van der Waals surface area contributed by atoms with Crippen LogP contribution in [0.4, 0.5) is 0 Å². The molecule has 100 valence electrons. The Labute approximate surface area is 116 Å². The van der Waals surface area contributed by atoms with Crippen molar-refractivity contribution in [2.75, 3.05) is 18.1 Å². The molecule has 2 unspecified atom stereocenters. The fraction of sp³-hybridized carbons (Fsp3) is 0.625. The average Bonchev–Trinajstić information content (AvgIpc) is 2.71. The first kappa shape index (κ1) is 14.0. The Morgan fingerprint density at radius 3 is 2.44 bits per heavy atom. The van der Waals surface area contributed by atoms with Gasteiger partial charge in [-0.1, -0.05) is 24.6 Å². The molecule has 0 radical (unpaired) electrons. The highest BCUT2D eigenvalue weighted by Gasteiger charge is 2.27. The van der Waals surface area contributed by atoms with Crippen molar-refractivity contribution in [3.05, 3.63) is 34.4 Å². The van der Waals surface area contributed by atoms with Crippen molar-refractivity contribution >= 4 is 11.8 Å². The Morgan fingerprint density at radius 1 is 1.17 bits per heavy atom. The third-order valence-corrected chi connectivity index (χ3v) is 5.23. The molecule has 1 aromatic rings. The van der Waals surface area contributed by atoms with Gasteiger partial charge in [0.05, 0.1) is 0 Å². The topological polar surface area (TPSA) is 12.0 Å². The van der Waals surface area contributed by atoms with E-state index in [0.717, 1.165) is 12.5 Å². The molecule has 0 bridgehead atoms. The van der Waals surface area contributed by atoms with E-state index in [1.54, 1.807) is 5.56 Å². The van der Waals surface area contributed by atoms with Crippen LogP contribution in [0.2, 0.25) is 0 Å². The third-order valence-electron chi connectivity index (χ3n) is 3.97. The molecule has 1 aliphatic heterocycles. The minimum atomic E-state index is 0.708. The number of thioether (sulfide) groups is 1. The van der Waals surface area contributed by atoms with Gasteiger partial charge in [0.25, 0.3) is 0 Å². The van der Waals surface area contributed by atoms with Crippen LogP contribution >= 0.6 is 11.8 Å². The lowest BCUT2D eigenvalue weighted by Gasteiger charge is -2.21. The Bertz CT molecular complexity index is 391. The Balaban J connectivity index is 2.14. The first-order valence-corrected chi connectivity index (χ1v) is 8.15. The summed E-state index contributed by atoms with van der Waals surface area (Å²) in [7, 11) is 0. The quantitative estimate of drug-likeness (QED) is 0.892. The van der Waals surface area contributed by atoms with E-state index in [1.807, 2.05) is 0 Å². The highest BCUT2D eigenvalue weighted by Crippen LogP contribution is 2.29. The van der Waals surface area contributed by atoms with E-state index in [1.165, 1.54) is 34.6 Å². The van der Waals surface area contributed by atoms with Crippen molar-refractivity contribution in [1.82, 2.24) is 5.32 Å². The van der Waals surface area contributed by atoms with Crippen LogP contribution in [0.3, 0.4) is 0 Å². The normalized spacial score (nSPS) is 23.6. The van der Waals surface area contributed by atoms with Gasteiger partial charge < -0.3 is 5.32 Å². The fourth-order valence-electron chi connectivity index (χ4n) is 3.08. The van der Waals surface area contributed by atoms with Crippen LogP contribution in [0.5, 0.6) is 0 Å². The van der Waals surface area contributed by atoms with Crippen molar-refractivity contribution in [3.63, 3.8) is 0 Å². The number of hydrogen-bond acceptors (Lipinski definition) is 2. The van der Waals surface area contributed by atoms with E-state index >= 15 is 0 Å². The van der Waals surface area contributed by atoms with Crippen LogP contribution in [-0.2, 0) is 6.42 Å². The van der Waals surface area contributed by atoms with Crippen LogP contribution < -0.4 is 5.32 Å². The fourth-order valence-corrected chi connectivity index (χ4v) is 4.51. The predicted molar refractivity (Wildman–Crippen MR) is 82.6 cm³/mol. The number of hydrogen-bond donors (Lipinski definition) is 1. The lowest BCUT2D eigenvalue weighted by molar-refractivity contribution is 0.433. The van der Waals surface area contributed by atoms with E-state index in [2.05, 4.69) is 56.9 Å². The number of nitrogens with one attached hydrogen (secondary N) is 1. The molecular weight excluding hydrogens is 238 g/mol. The largest absolute Gasteiger partial charge is 0.313 e. The van der Waals surface area contributed by atoms with E-state index < -0.39 is 0 Å². The lowest BCUT2D eigenvalue weighted by Crippen LogP contribution is -2.36. The summed E-state index contributed by atoms with van der Waals surface area (Å²) in [6.07, 6.45) is 1.24. The van der Waals surface area contributed by atoms with Gasteiger partial charge in [-0.05, 0) is 62.1 Å². The minimum Gasteiger partial charge on any atom is -0.313 e. The zero-order valence-electron chi connectivity index (χ0n) is 12.0. The second-order valence-corrected chi connectivity index (χ2v) is 6.62. The molecule has 1 aliphatic rings. The van der Waals surface area contributed by atoms with Crippen LogP contribution in [0, 0.1) is 26.7 Å².